The van der Waals surface area contributed by atoms with Gasteiger partial charge in [0.2, 0.25) is 0 Å². The number of benzene rings is 3. The van der Waals surface area contributed by atoms with E-state index < -0.39 is 6.04 Å². The molecule has 3 aromatic carbocycles. The number of halogens is 2. The van der Waals surface area contributed by atoms with Gasteiger partial charge in [0.1, 0.15) is 17.6 Å². The summed E-state index contributed by atoms with van der Waals surface area (Å²) < 4.78 is 13.6. The minimum atomic E-state index is -0.490. The van der Waals surface area contributed by atoms with Crippen molar-refractivity contribution in [1.82, 2.24) is 20.4 Å². The largest absolute Gasteiger partial charge is 0.396 e. The molecule has 2 heterocycles. The van der Waals surface area contributed by atoms with Gasteiger partial charge in [0, 0.05) is 29.4 Å². The summed E-state index contributed by atoms with van der Waals surface area (Å²) >= 11 is 6.58. The second-order valence-electron chi connectivity index (χ2n) is 8.66. The highest BCUT2D eigenvalue weighted by Crippen LogP contribution is 2.37. The van der Waals surface area contributed by atoms with E-state index >= 15 is 0 Å². The van der Waals surface area contributed by atoms with Crippen LogP contribution in [0.1, 0.15) is 40.9 Å². The Bertz CT molecular complexity index is 1570. The second-order valence-corrected chi connectivity index (χ2v) is 9.09. The van der Waals surface area contributed by atoms with Crippen LogP contribution < -0.4 is 10.6 Å². The van der Waals surface area contributed by atoms with Crippen molar-refractivity contribution in [3.8, 4) is 6.07 Å². The molecule has 0 saturated heterocycles. The van der Waals surface area contributed by atoms with Crippen LogP contribution in [0.25, 0.3) is 10.9 Å². The molecule has 190 valence electrons. The Morgan fingerprint density at radius 3 is 2.53 bits per heavy atom. The minimum Gasteiger partial charge on any atom is -0.396 e. The number of nitrogens with one attached hydrogen (secondary N) is 3. The van der Waals surface area contributed by atoms with E-state index in [0.29, 0.717) is 45.0 Å². The Hall–Kier alpha value is -4.52. The average molecular weight is 528 g/mol. The minimum absolute atomic E-state index is 0.0396. The molecule has 2 atom stereocenters. The van der Waals surface area contributed by atoms with Crippen LogP contribution in [0.15, 0.2) is 79.1 Å². The molecular formula is C28H23ClFN7O. The number of aliphatic hydroxyl groups is 1. The molecule has 8 nitrogen and oxygen atoms in total. The molecule has 4 N–H and O–H groups in total. The fourth-order valence-corrected chi connectivity index (χ4v) is 4.64. The number of nitriles is 1. The number of aromatic nitrogens is 4. The number of hydrogen-bond acceptors (Lipinski definition) is 7. The third-order valence-electron chi connectivity index (χ3n) is 6.23. The molecule has 0 unspecified atom stereocenters. The maximum absolute atomic E-state index is 13.6. The number of hydrogen-bond donors (Lipinski definition) is 4. The van der Waals surface area contributed by atoms with Crippen LogP contribution in [-0.4, -0.2) is 32.1 Å². The van der Waals surface area contributed by atoms with Crippen molar-refractivity contribution in [3.63, 3.8) is 0 Å². The van der Waals surface area contributed by atoms with Crippen LogP contribution in [0.5, 0.6) is 0 Å². The highest BCUT2D eigenvalue weighted by molar-refractivity contribution is 6.32. The zero-order chi connectivity index (χ0) is 26.5. The first-order valence-electron chi connectivity index (χ1n) is 11.9. The van der Waals surface area contributed by atoms with Gasteiger partial charge < -0.3 is 15.7 Å². The van der Waals surface area contributed by atoms with E-state index in [1.165, 1.54) is 18.3 Å². The van der Waals surface area contributed by atoms with Gasteiger partial charge in [-0.15, -0.1) is 5.10 Å². The van der Waals surface area contributed by atoms with Crippen molar-refractivity contribution >= 4 is 33.9 Å². The number of pyridine rings is 1. The Kier molecular flexibility index (Phi) is 7.45. The summed E-state index contributed by atoms with van der Waals surface area (Å²) in [6.45, 7) is -0.0396. The van der Waals surface area contributed by atoms with Gasteiger partial charge in [-0.25, -0.2) is 4.39 Å². The van der Waals surface area contributed by atoms with Crippen molar-refractivity contribution in [2.75, 3.05) is 17.2 Å². The summed E-state index contributed by atoms with van der Waals surface area (Å²) in [5, 5.41) is 38.3. The van der Waals surface area contributed by atoms with E-state index in [-0.39, 0.29) is 18.5 Å². The molecule has 0 amide bonds. The summed E-state index contributed by atoms with van der Waals surface area (Å²) in [5.41, 5.74) is 4.38. The summed E-state index contributed by atoms with van der Waals surface area (Å²) in [4.78, 5) is 4.59. The first-order chi connectivity index (χ1) is 18.6. The van der Waals surface area contributed by atoms with Gasteiger partial charge in [-0.1, -0.05) is 59.3 Å². The van der Waals surface area contributed by atoms with Gasteiger partial charge in [0.05, 0.1) is 34.5 Å². The van der Waals surface area contributed by atoms with E-state index in [1.807, 2.05) is 30.3 Å². The third kappa shape index (κ3) is 5.27. The molecule has 0 saturated carbocycles. The lowest BCUT2D eigenvalue weighted by Gasteiger charge is -2.23. The number of anilines is 2. The lowest BCUT2D eigenvalue weighted by atomic mass is 10.0. The average Bonchev–Trinajstić information content (AvgIpc) is 3.47. The molecule has 5 rings (SSSR count). The predicted molar refractivity (Wildman–Crippen MR) is 144 cm³/mol. The molecule has 0 aliphatic carbocycles. The number of fused-ring (bicyclic) bond motifs is 1. The Labute approximate surface area is 223 Å². The van der Waals surface area contributed by atoms with Crippen molar-refractivity contribution in [3.05, 3.63) is 112 Å². The zero-order valence-corrected chi connectivity index (χ0v) is 20.8. The number of H-pyrrole nitrogens is 1. The first kappa shape index (κ1) is 25.1. The summed E-state index contributed by atoms with van der Waals surface area (Å²) in [5.74, 6) is -0.349. The Morgan fingerprint density at radius 2 is 1.84 bits per heavy atom. The Balaban J connectivity index is 1.61. The lowest BCUT2D eigenvalue weighted by Crippen LogP contribution is -2.15. The molecule has 0 radical (unpaired) electrons. The topological polar surface area (TPSA) is 123 Å². The SMILES string of the molecule is N#Cc1cnc2c(N[C@@H](c3ccc(F)cc3)c3c[nH]nn3)cc(Cl)cc2c1N[C@@H](CCO)c1ccccc1. The van der Waals surface area contributed by atoms with E-state index in [9.17, 15) is 14.8 Å². The van der Waals surface area contributed by atoms with Crippen LogP contribution in [0.2, 0.25) is 5.02 Å². The van der Waals surface area contributed by atoms with Crippen LogP contribution in [0.4, 0.5) is 15.8 Å². The van der Waals surface area contributed by atoms with Crippen molar-refractivity contribution in [1.29, 1.82) is 5.26 Å². The molecule has 0 aliphatic rings. The molecule has 38 heavy (non-hydrogen) atoms. The lowest BCUT2D eigenvalue weighted by molar-refractivity contribution is 0.280. The molecular weight excluding hydrogens is 505 g/mol. The number of aliphatic hydroxyl groups excluding tert-OH is 1. The molecule has 5 aromatic rings. The van der Waals surface area contributed by atoms with Gasteiger partial charge in [0.25, 0.3) is 0 Å². The zero-order valence-electron chi connectivity index (χ0n) is 20.1. The Morgan fingerprint density at radius 1 is 1.05 bits per heavy atom. The normalized spacial score (nSPS) is 12.6. The number of rotatable bonds is 9. The number of aromatic amines is 1. The molecule has 0 fully saturated rings. The van der Waals surface area contributed by atoms with Crippen molar-refractivity contribution in [2.45, 2.75) is 18.5 Å². The molecule has 0 aliphatic heterocycles. The number of nitrogens with zero attached hydrogens (tertiary/aromatic N) is 4. The fraction of sp³-hybridized carbons (Fsp3) is 0.143. The standard InChI is InChI=1S/C28H23ClFN7O/c29-20-12-22-26(34-23(10-11-38)17-4-2-1-3-5-17)19(14-31)15-32-28(22)24(13-20)35-27(25-16-33-37-36-25)18-6-8-21(30)9-7-18/h1-9,12-13,15-16,23,27,35,38H,10-11H2,(H,32,34)(H,33,36,37)/t23-,27-/m0/s1. The monoisotopic (exact) mass is 527 g/mol. The van der Waals surface area contributed by atoms with Crippen molar-refractivity contribution < 1.29 is 9.50 Å². The highest BCUT2D eigenvalue weighted by atomic mass is 35.5. The molecule has 10 heteroatoms. The quantitative estimate of drug-likeness (QED) is 0.192. The van der Waals surface area contributed by atoms with E-state index in [1.54, 1.807) is 30.5 Å². The van der Waals surface area contributed by atoms with Gasteiger partial charge in [-0.3, -0.25) is 10.1 Å². The van der Waals surface area contributed by atoms with Crippen LogP contribution in [0.3, 0.4) is 0 Å². The second kappa shape index (κ2) is 11.3. The van der Waals surface area contributed by atoms with Crippen LogP contribution in [-0.2, 0) is 0 Å². The third-order valence-corrected chi connectivity index (χ3v) is 6.45. The van der Waals surface area contributed by atoms with Gasteiger partial charge in [-0.05, 0) is 41.8 Å². The van der Waals surface area contributed by atoms with Crippen LogP contribution in [0, 0.1) is 17.1 Å². The van der Waals surface area contributed by atoms with Crippen molar-refractivity contribution in [2.24, 2.45) is 0 Å². The van der Waals surface area contributed by atoms with E-state index in [0.717, 1.165) is 11.1 Å². The summed E-state index contributed by atoms with van der Waals surface area (Å²) in [6, 6.07) is 20.8. The molecule has 0 spiro atoms. The van der Waals surface area contributed by atoms with E-state index in [2.05, 4.69) is 37.1 Å². The fourth-order valence-electron chi connectivity index (χ4n) is 4.42. The van der Waals surface area contributed by atoms with Crippen LogP contribution >= 0.6 is 11.6 Å². The van der Waals surface area contributed by atoms with E-state index in [4.69, 9.17) is 11.6 Å². The smallest absolute Gasteiger partial charge is 0.123 e. The summed E-state index contributed by atoms with van der Waals surface area (Å²) in [6.07, 6.45) is 3.60. The van der Waals surface area contributed by atoms with Gasteiger partial charge >= 0.3 is 0 Å². The molecule has 0 bridgehead atoms. The highest BCUT2D eigenvalue weighted by Gasteiger charge is 2.22. The maximum atomic E-state index is 13.6. The first-order valence-corrected chi connectivity index (χ1v) is 12.3. The predicted octanol–water partition coefficient (Wildman–Crippen LogP) is 5.75. The summed E-state index contributed by atoms with van der Waals surface area (Å²) in [7, 11) is 0. The van der Waals surface area contributed by atoms with Gasteiger partial charge in [-0.2, -0.15) is 5.26 Å². The molecule has 2 aromatic heterocycles. The maximum Gasteiger partial charge on any atom is 0.123 e. The van der Waals surface area contributed by atoms with Gasteiger partial charge in [0.15, 0.2) is 0 Å².